The fourth-order valence-corrected chi connectivity index (χ4v) is 10.8. The number of urea groups is 1. The van der Waals surface area contributed by atoms with Gasteiger partial charge in [-0.05, 0) is 120 Å². The molecular weight excluding hydrogens is 703 g/mol. The Morgan fingerprint density at radius 3 is 2.14 bits per heavy atom. The number of nitrogens with zero attached hydrogens (tertiary/aromatic N) is 1. The molecule has 4 aromatic rings. The van der Waals surface area contributed by atoms with Gasteiger partial charge in [0.1, 0.15) is 0 Å². The minimum atomic E-state index is -0.533. The van der Waals surface area contributed by atoms with Crippen molar-refractivity contribution >= 4 is 6.03 Å². The van der Waals surface area contributed by atoms with E-state index in [0.29, 0.717) is 6.54 Å². The van der Waals surface area contributed by atoms with Gasteiger partial charge in [0.15, 0.2) is 17.8 Å². The Morgan fingerprint density at radius 1 is 0.786 bits per heavy atom. The van der Waals surface area contributed by atoms with Crippen molar-refractivity contribution in [1.82, 2.24) is 15.5 Å². The van der Waals surface area contributed by atoms with E-state index in [1.807, 2.05) is 12.1 Å². The van der Waals surface area contributed by atoms with Crippen LogP contribution in [0, 0.1) is 17.8 Å². The average molecular weight is 758 g/mol. The van der Waals surface area contributed by atoms with E-state index < -0.39 is 6.29 Å². The Hall–Kier alpha value is -4.41. The zero-order valence-electron chi connectivity index (χ0n) is 32.7. The maximum atomic E-state index is 13.1. The molecule has 2 amide bonds. The molecule has 4 bridgehead atoms. The summed E-state index contributed by atoms with van der Waals surface area (Å²) < 4.78 is 24.6. The molecule has 1 saturated heterocycles. The summed E-state index contributed by atoms with van der Waals surface area (Å²) in [4.78, 5) is 15.6. The molecule has 4 saturated carbocycles. The fraction of sp³-hybridized carbons (Fsp3) is 0.468. The molecule has 3 N–H and O–H groups in total. The number of carbonyl (C=O) groups is 1. The molecule has 294 valence electrons. The standard InChI is InChI=1S/C47H55N3O6/c1-53-43-20-39-14-15-50(27-40(39)21-44(43)54-2)28-41-22-42(36-8-6-30(29-51)7-9-36)56-45(55-41)37-12-10-35(11-13-37)38-5-3-4-31(19-38)26-48-46(52)49-47-23-32-16-33(24-47)18-34(17-32)25-47/h3-13,19-21,32-34,41-42,45,51H,14-18,22-29H2,1-2H3,(H2,48,49,52). The lowest BCUT2D eigenvalue weighted by Gasteiger charge is -2.56. The number of nitrogens with one attached hydrogen (secondary N) is 2. The second-order valence-corrected chi connectivity index (χ2v) is 17.1. The molecule has 0 radical (unpaired) electrons. The number of carbonyl (C=O) groups excluding carboxylic acids is 1. The summed E-state index contributed by atoms with van der Waals surface area (Å²) in [6.45, 7) is 3.02. The lowest BCUT2D eigenvalue weighted by molar-refractivity contribution is -0.253. The Kier molecular flexibility index (Phi) is 10.5. The smallest absolute Gasteiger partial charge is 0.315 e. The van der Waals surface area contributed by atoms with Gasteiger partial charge in [0.25, 0.3) is 0 Å². The van der Waals surface area contributed by atoms with Crippen LogP contribution < -0.4 is 20.1 Å². The van der Waals surface area contributed by atoms with Gasteiger partial charge in [-0.3, -0.25) is 4.90 Å². The first-order valence-corrected chi connectivity index (χ1v) is 20.6. The van der Waals surface area contributed by atoms with Crippen molar-refractivity contribution in [2.24, 2.45) is 17.8 Å². The fourth-order valence-electron chi connectivity index (χ4n) is 10.8. The lowest BCUT2D eigenvalue weighted by Crippen LogP contribution is -2.61. The summed E-state index contributed by atoms with van der Waals surface area (Å²) in [5.74, 6) is 3.91. The summed E-state index contributed by atoms with van der Waals surface area (Å²) in [5, 5.41) is 16.3. The average Bonchev–Trinajstić information content (AvgIpc) is 3.22. The van der Waals surface area contributed by atoms with Gasteiger partial charge in [0, 0.05) is 43.7 Å². The summed E-state index contributed by atoms with van der Waals surface area (Å²) in [6.07, 6.45) is 8.44. The molecule has 10 rings (SSSR count). The predicted octanol–water partition coefficient (Wildman–Crippen LogP) is 8.23. The summed E-state index contributed by atoms with van der Waals surface area (Å²) >= 11 is 0. The molecule has 9 heteroatoms. The number of rotatable bonds is 11. The third-order valence-electron chi connectivity index (χ3n) is 13.2. The molecule has 3 unspecified atom stereocenters. The number of methoxy groups -OCH3 is 2. The third-order valence-corrected chi connectivity index (χ3v) is 13.2. The van der Waals surface area contributed by atoms with E-state index in [2.05, 4.69) is 88.3 Å². The van der Waals surface area contributed by atoms with E-state index in [1.54, 1.807) is 14.2 Å². The highest BCUT2D eigenvalue weighted by molar-refractivity contribution is 5.75. The minimum absolute atomic E-state index is 0.00227. The maximum absolute atomic E-state index is 13.1. The monoisotopic (exact) mass is 757 g/mol. The number of hydrogen-bond acceptors (Lipinski definition) is 7. The molecule has 5 fully saturated rings. The largest absolute Gasteiger partial charge is 0.493 e. The number of amides is 2. The van der Waals surface area contributed by atoms with Gasteiger partial charge in [-0.15, -0.1) is 0 Å². The number of ether oxygens (including phenoxy) is 4. The summed E-state index contributed by atoms with van der Waals surface area (Å²) in [5.41, 5.74) is 8.74. The molecular formula is C47H55N3O6. The first-order chi connectivity index (χ1) is 27.3. The SMILES string of the molecule is COc1cc2c(cc1OC)CN(CC1CC(c3ccc(CO)cc3)OC(c3ccc(-c4cccc(CNC(=O)NC56CC7CC(CC(C7)C5)C6)c4)cc3)O1)CC2. The molecule has 0 spiro atoms. The topological polar surface area (TPSA) is 102 Å². The second-order valence-electron chi connectivity index (χ2n) is 17.1. The van der Waals surface area contributed by atoms with Crippen molar-refractivity contribution in [3.05, 3.63) is 118 Å². The van der Waals surface area contributed by atoms with Crippen molar-refractivity contribution in [3.63, 3.8) is 0 Å². The minimum Gasteiger partial charge on any atom is -0.493 e. The zero-order valence-corrected chi connectivity index (χ0v) is 32.7. The number of benzene rings is 4. The quantitative estimate of drug-likeness (QED) is 0.142. The van der Waals surface area contributed by atoms with Gasteiger partial charge in [-0.2, -0.15) is 0 Å². The number of fused-ring (bicyclic) bond motifs is 1. The second kappa shape index (κ2) is 15.9. The van der Waals surface area contributed by atoms with Crippen LogP contribution in [-0.4, -0.2) is 55.0 Å². The molecule has 3 atom stereocenters. The van der Waals surface area contributed by atoms with Gasteiger partial charge in [-0.25, -0.2) is 4.79 Å². The van der Waals surface area contributed by atoms with Gasteiger partial charge in [0.05, 0.1) is 33.0 Å². The van der Waals surface area contributed by atoms with Crippen LogP contribution in [0.3, 0.4) is 0 Å². The van der Waals surface area contributed by atoms with E-state index in [-0.39, 0.29) is 30.4 Å². The Balaban J connectivity index is 0.867. The Morgan fingerprint density at radius 2 is 1.46 bits per heavy atom. The van der Waals surface area contributed by atoms with Crippen LogP contribution >= 0.6 is 0 Å². The van der Waals surface area contributed by atoms with Crippen LogP contribution in [0.25, 0.3) is 11.1 Å². The highest BCUT2D eigenvalue weighted by atomic mass is 16.7. The molecule has 56 heavy (non-hydrogen) atoms. The predicted molar refractivity (Wildman–Crippen MR) is 215 cm³/mol. The Labute approximate surface area is 330 Å². The highest BCUT2D eigenvalue weighted by Crippen LogP contribution is 2.55. The molecule has 9 nitrogen and oxygen atoms in total. The van der Waals surface area contributed by atoms with Gasteiger partial charge in [-0.1, -0.05) is 66.7 Å². The van der Waals surface area contributed by atoms with Gasteiger partial charge >= 0.3 is 6.03 Å². The third kappa shape index (κ3) is 7.92. The Bertz CT molecular complexity index is 1980. The zero-order chi connectivity index (χ0) is 38.2. The van der Waals surface area contributed by atoms with Crippen LogP contribution in [-0.2, 0) is 35.6 Å². The number of aliphatic hydroxyl groups is 1. The first-order valence-electron chi connectivity index (χ1n) is 20.6. The summed E-state index contributed by atoms with van der Waals surface area (Å²) in [7, 11) is 3.36. The van der Waals surface area contributed by atoms with Crippen LogP contribution in [0.15, 0.2) is 84.9 Å². The van der Waals surface area contributed by atoms with Gasteiger partial charge < -0.3 is 34.7 Å². The van der Waals surface area contributed by atoms with Crippen LogP contribution in [0.5, 0.6) is 11.5 Å². The van der Waals surface area contributed by atoms with E-state index in [1.165, 1.54) is 30.4 Å². The van der Waals surface area contributed by atoms with Crippen molar-refractivity contribution in [2.45, 2.75) is 95.1 Å². The van der Waals surface area contributed by atoms with Crippen LogP contribution in [0.1, 0.15) is 90.7 Å². The summed E-state index contributed by atoms with van der Waals surface area (Å²) in [6, 6.07) is 29.1. The molecule has 4 aliphatic carbocycles. The van der Waals surface area contributed by atoms with E-state index in [0.717, 1.165) is 114 Å². The molecule has 0 aromatic heterocycles. The normalized spacial score (nSPS) is 28.1. The van der Waals surface area contributed by atoms with Crippen molar-refractivity contribution < 1.29 is 28.8 Å². The lowest BCUT2D eigenvalue weighted by atomic mass is 9.53. The number of aliphatic hydroxyl groups excluding tert-OH is 1. The highest BCUT2D eigenvalue weighted by Gasteiger charge is 2.51. The maximum Gasteiger partial charge on any atom is 0.315 e. The van der Waals surface area contributed by atoms with Crippen LogP contribution in [0.4, 0.5) is 4.79 Å². The van der Waals surface area contributed by atoms with Crippen molar-refractivity contribution in [1.29, 1.82) is 0 Å². The van der Waals surface area contributed by atoms with Crippen LogP contribution in [0.2, 0.25) is 0 Å². The van der Waals surface area contributed by atoms with Crippen molar-refractivity contribution in [3.8, 4) is 22.6 Å². The van der Waals surface area contributed by atoms with E-state index in [9.17, 15) is 9.90 Å². The molecule has 2 aliphatic heterocycles. The van der Waals surface area contributed by atoms with Gasteiger partial charge in [0.2, 0.25) is 0 Å². The van der Waals surface area contributed by atoms with E-state index in [4.69, 9.17) is 18.9 Å². The molecule has 2 heterocycles. The molecule has 4 aromatic carbocycles. The first kappa shape index (κ1) is 37.2. The van der Waals surface area contributed by atoms with E-state index >= 15 is 0 Å². The van der Waals surface area contributed by atoms with Crippen molar-refractivity contribution in [2.75, 3.05) is 27.3 Å². The molecule has 6 aliphatic rings. The number of hydrogen-bond donors (Lipinski definition) is 3.